The van der Waals surface area contributed by atoms with E-state index in [1.54, 1.807) is 11.0 Å². The molecule has 5 nitrogen and oxygen atoms in total. The Labute approximate surface area is 113 Å². The Kier molecular flexibility index (Phi) is 4.14. The molecule has 1 saturated carbocycles. The van der Waals surface area contributed by atoms with Gasteiger partial charge in [0.1, 0.15) is 0 Å². The van der Waals surface area contributed by atoms with Gasteiger partial charge in [0.15, 0.2) is 0 Å². The van der Waals surface area contributed by atoms with E-state index in [0.717, 1.165) is 24.2 Å². The van der Waals surface area contributed by atoms with Crippen LogP contribution in [-0.4, -0.2) is 45.8 Å². The summed E-state index contributed by atoms with van der Waals surface area (Å²) in [5.41, 5.74) is 2.15. The number of aliphatic hydroxyl groups is 1. The molecule has 1 amide bonds. The van der Waals surface area contributed by atoms with Gasteiger partial charge in [-0.25, -0.2) is 0 Å². The van der Waals surface area contributed by atoms with Crippen LogP contribution in [0.15, 0.2) is 6.07 Å². The highest BCUT2D eigenvalue weighted by Gasteiger charge is 2.29. The molecule has 0 aliphatic heterocycles. The number of carbonyl (C=O) groups excluding carboxylic acids is 1. The normalized spacial score (nSPS) is 21.9. The van der Waals surface area contributed by atoms with Gasteiger partial charge in [-0.3, -0.25) is 4.79 Å². The third-order valence-corrected chi connectivity index (χ3v) is 3.65. The van der Waals surface area contributed by atoms with E-state index < -0.39 is 0 Å². The third kappa shape index (κ3) is 3.10. The fourth-order valence-electron chi connectivity index (χ4n) is 2.49. The van der Waals surface area contributed by atoms with Gasteiger partial charge in [-0.05, 0) is 38.2 Å². The van der Waals surface area contributed by atoms with Gasteiger partial charge in [0.2, 0.25) is 0 Å². The summed E-state index contributed by atoms with van der Waals surface area (Å²) in [6.45, 7) is 4.50. The smallest absolute Gasteiger partial charge is 0.255 e. The summed E-state index contributed by atoms with van der Waals surface area (Å²) in [4.78, 5) is 14.2. The van der Waals surface area contributed by atoms with Crippen molar-refractivity contribution in [3.8, 4) is 0 Å². The van der Waals surface area contributed by atoms with Crippen molar-refractivity contribution in [3.63, 3.8) is 0 Å². The van der Waals surface area contributed by atoms with Crippen LogP contribution >= 0.6 is 0 Å². The zero-order valence-electron chi connectivity index (χ0n) is 11.8. The third-order valence-electron chi connectivity index (χ3n) is 3.65. The van der Waals surface area contributed by atoms with E-state index in [1.807, 2.05) is 20.9 Å². The minimum Gasteiger partial charge on any atom is -0.393 e. The van der Waals surface area contributed by atoms with E-state index in [1.165, 1.54) is 0 Å². The lowest BCUT2D eigenvalue weighted by atomic mass is 9.82. The molecule has 0 saturated heterocycles. The van der Waals surface area contributed by atoms with Gasteiger partial charge in [-0.1, -0.05) is 6.92 Å². The summed E-state index contributed by atoms with van der Waals surface area (Å²) in [5.74, 6) is 0.418. The largest absolute Gasteiger partial charge is 0.393 e. The first-order valence-electron chi connectivity index (χ1n) is 6.78. The SMILES string of the molecule is CCc1nnc(C)cc1C(=O)N(C)CC1CC(O)C1. The van der Waals surface area contributed by atoms with Crippen LogP contribution < -0.4 is 0 Å². The number of nitrogens with zero attached hydrogens (tertiary/aromatic N) is 3. The molecule has 1 aliphatic rings. The Morgan fingerprint density at radius 2 is 2.16 bits per heavy atom. The molecule has 0 aromatic carbocycles. The lowest BCUT2D eigenvalue weighted by Gasteiger charge is -2.34. The van der Waals surface area contributed by atoms with E-state index in [2.05, 4.69) is 10.2 Å². The van der Waals surface area contributed by atoms with Crippen LogP contribution in [0.4, 0.5) is 0 Å². The van der Waals surface area contributed by atoms with Crippen molar-refractivity contribution in [2.75, 3.05) is 13.6 Å². The predicted molar refractivity (Wildman–Crippen MR) is 71.8 cm³/mol. The first-order valence-corrected chi connectivity index (χ1v) is 6.78. The summed E-state index contributed by atoms with van der Waals surface area (Å²) in [6, 6.07) is 1.81. The minimum absolute atomic E-state index is 0.00348. The second kappa shape index (κ2) is 5.65. The number of carbonyl (C=O) groups is 1. The van der Waals surface area contributed by atoms with Gasteiger partial charge in [-0.15, -0.1) is 0 Å². The monoisotopic (exact) mass is 263 g/mol. The lowest BCUT2D eigenvalue weighted by Crippen LogP contribution is -2.39. The number of aliphatic hydroxyl groups excluding tert-OH is 1. The molecule has 0 unspecified atom stereocenters. The van der Waals surface area contributed by atoms with Gasteiger partial charge < -0.3 is 10.0 Å². The maximum atomic E-state index is 12.4. The highest BCUT2D eigenvalue weighted by Crippen LogP contribution is 2.28. The van der Waals surface area contributed by atoms with Crippen molar-refractivity contribution >= 4 is 5.91 Å². The topological polar surface area (TPSA) is 66.3 Å². The van der Waals surface area contributed by atoms with Crippen LogP contribution in [0.25, 0.3) is 0 Å². The summed E-state index contributed by atoms with van der Waals surface area (Å²) in [6.07, 6.45) is 2.12. The molecule has 1 heterocycles. The van der Waals surface area contributed by atoms with Crippen LogP contribution in [0.5, 0.6) is 0 Å². The molecule has 0 radical (unpaired) electrons. The molecule has 19 heavy (non-hydrogen) atoms. The predicted octanol–water partition coefficient (Wildman–Crippen LogP) is 1.19. The Morgan fingerprint density at radius 3 is 2.74 bits per heavy atom. The molecule has 1 fully saturated rings. The molecule has 0 spiro atoms. The van der Waals surface area contributed by atoms with E-state index in [9.17, 15) is 9.90 Å². The lowest BCUT2D eigenvalue weighted by molar-refractivity contribution is 0.0265. The highest BCUT2D eigenvalue weighted by atomic mass is 16.3. The van der Waals surface area contributed by atoms with Gasteiger partial charge in [0, 0.05) is 13.6 Å². The number of rotatable bonds is 4. The summed E-state index contributed by atoms with van der Waals surface area (Å²) < 4.78 is 0. The van der Waals surface area contributed by atoms with Gasteiger partial charge in [0.25, 0.3) is 5.91 Å². The number of hydrogen-bond donors (Lipinski definition) is 1. The summed E-state index contributed by atoms with van der Waals surface area (Å²) in [7, 11) is 1.81. The van der Waals surface area contributed by atoms with E-state index in [-0.39, 0.29) is 12.0 Å². The maximum Gasteiger partial charge on any atom is 0.255 e. The van der Waals surface area contributed by atoms with Crippen LogP contribution in [0.3, 0.4) is 0 Å². The van der Waals surface area contributed by atoms with Crippen LogP contribution in [0.2, 0.25) is 0 Å². The van der Waals surface area contributed by atoms with E-state index in [4.69, 9.17) is 0 Å². The molecule has 0 bridgehead atoms. The first-order chi connectivity index (χ1) is 9.01. The molecule has 1 aliphatic carbocycles. The van der Waals surface area contributed by atoms with Crippen LogP contribution in [-0.2, 0) is 6.42 Å². The minimum atomic E-state index is -0.176. The van der Waals surface area contributed by atoms with Crippen molar-refractivity contribution in [1.29, 1.82) is 0 Å². The summed E-state index contributed by atoms with van der Waals surface area (Å²) in [5, 5.41) is 17.4. The second-order valence-corrected chi connectivity index (χ2v) is 5.38. The molecule has 104 valence electrons. The molecule has 5 heteroatoms. The summed E-state index contributed by atoms with van der Waals surface area (Å²) >= 11 is 0. The van der Waals surface area contributed by atoms with Gasteiger partial charge >= 0.3 is 0 Å². The number of amides is 1. The molecule has 0 atom stereocenters. The van der Waals surface area contributed by atoms with Crippen molar-refractivity contribution in [3.05, 3.63) is 23.0 Å². The Morgan fingerprint density at radius 1 is 1.47 bits per heavy atom. The highest BCUT2D eigenvalue weighted by molar-refractivity contribution is 5.95. The fourth-order valence-corrected chi connectivity index (χ4v) is 2.49. The average Bonchev–Trinajstić information content (AvgIpc) is 2.35. The molecule has 2 rings (SSSR count). The maximum absolute atomic E-state index is 12.4. The van der Waals surface area contributed by atoms with Crippen molar-refractivity contribution < 1.29 is 9.90 Å². The number of aromatic nitrogens is 2. The zero-order chi connectivity index (χ0) is 14.0. The molecule has 1 aromatic rings. The van der Waals surface area contributed by atoms with E-state index >= 15 is 0 Å². The van der Waals surface area contributed by atoms with Crippen molar-refractivity contribution in [2.24, 2.45) is 5.92 Å². The zero-order valence-corrected chi connectivity index (χ0v) is 11.8. The van der Waals surface area contributed by atoms with Gasteiger partial charge in [-0.2, -0.15) is 10.2 Å². The molecule has 1 aromatic heterocycles. The Bertz CT molecular complexity index is 470. The van der Waals surface area contributed by atoms with Crippen LogP contribution in [0.1, 0.15) is 41.5 Å². The number of hydrogen-bond acceptors (Lipinski definition) is 4. The van der Waals surface area contributed by atoms with Crippen molar-refractivity contribution in [2.45, 2.75) is 39.2 Å². The van der Waals surface area contributed by atoms with Gasteiger partial charge in [0.05, 0.1) is 23.1 Å². The molecular weight excluding hydrogens is 242 g/mol. The fraction of sp³-hybridized carbons (Fsp3) is 0.643. The average molecular weight is 263 g/mol. The standard InChI is InChI=1S/C14H21N3O2/c1-4-13-12(5-9(2)15-16-13)14(19)17(3)8-10-6-11(18)7-10/h5,10-11,18H,4,6-8H2,1-3H3. The Balaban J connectivity index is 2.07. The van der Waals surface area contributed by atoms with E-state index in [0.29, 0.717) is 24.4 Å². The van der Waals surface area contributed by atoms with Crippen LogP contribution in [0, 0.1) is 12.8 Å². The van der Waals surface area contributed by atoms with Crippen molar-refractivity contribution in [1.82, 2.24) is 15.1 Å². The molecule has 1 N–H and O–H groups in total. The molecular formula is C14H21N3O2. The first kappa shape index (κ1) is 13.9. The number of aryl methyl sites for hydroxylation is 2. The quantitative estimate of drug-likeness (QED) is 0.886. The second-order valence-electron chi connectivity index (χ2n) is 5.38. The Hall–Kier alpha value is -1.49.